The maximum Gasteiger partial charge on any atom is 0.339 e. The number of ketones is 1. The Morgan fingerprint density at radius 3 is 2.52 bits per heavy atom. The Balaban J connectivity index is 1.58. The number of hydrogen-bond acceptors (Lipinski definition) is 5. The number of furan rings is 1. The molecule has 144 valence electrons. The molecule has 0 bridgehead atoms. The zero-order valence-electron chi connectivity index (χ0n) is 15.9. The van der Waals surface area contributed by atoms with Gasteiger partial charge in [0, 0.05) is 10.9 Å². The molecule has 4 aromatic rings. The molecule has 0 N–H and O–H groups in total. The van der Waals surface area contributed by atoms with Crippen LogP contribution in [0.4, 0.5) is 0 Å². The monoisotopic (exact) mass is 385 g/mol. The van der Waals surface area contributed by atoms with Crippen molar-refractivity contribution in [3.05, 3.63) is 89.7 Å². The van der Waals surface area contributed by atoms with Crippen LogP contribution < -0.4 is 0 Å². The summed E-state index contributed by atoms with van der Waals surface area (Å²) < 4.78 is 10.7. The Bertz CT molecular complexity index is 1160. The second kappa shape index (κ2) is 8.10. The first-order valence-electron chi connectivity index (χ1n) is 9.38. The Morgan fingerprint density at radius 1 is 1.00 bits per heavy atom. The number of fused-ring (bicyclic) bond motifs is 1. The summed E-state index contributed by atoms with van der Waals surface area (Å²) in [7, 11) is 0. The molecule has 0 saturated carbocycles. The predicted octanol–water partition coefficient (Wildman–Crippen LogP) is 5.10. The van der Waals surface area contributed by atoms with Crippen LogP contribution >= 0.6 is 0 Å². The van der Waals surface area contributed by atoms with E-state index in [0.717, 1.165) is 12.0 Å². The van der Waals surface area contributed by atoms with Gasteiger partial charge in [0.05, 0.1) is 17.3 Å². The average Bonchev–Trinajstić information content (AvgIpc) is 3.31. The van der Waals surface area contributed by atoms with Gasteiger partial charge in [-0.25, -0.2) is 9.78 Å². The van der Waals surface area contributed by atoms with E-state index in [1.54, 1.807) is 42.7 Å². The van der Waals surface area contributed by atoms with Gasteiger partial charge in [-0.15, -0.1) is 0 Å². The number of pyridine rings is 1. The molecule has 0 aliphatic carbocycles. The largest absolute Gasteiger partial charge is 0.463 e. The highest BCUT2D eigenvalue weighted by Gasteiger charge is 2.17. The number of ether oxygens (including phenoxy) is 1. The van der Waals surface area contributed by atoms with Crippen LogP contribution in [0.15, 0.2) is 77.4 Å². The van der Waals surface area contributed by atoms with E-state index >= 15 is 0 Å². The molecular formula is C24H19NO4. The Hall–Kier alpha value is -3.73. The number of aromatic nitrogens is 1. The highest BCUT2D eigenvalue weighted by molar-refractivity contribution is 6.06. The fourth-order valence-corrected chi connectivity index (χ4v) is 3.11. The van der Waals surface area contributed by atoms with Crippen LogP contribution in [0.2, 0.25) is 0 Å². The first-order chi connectivity index (χ1) is 14.2. The normalized spacial score (nSPS) is 10.8. The summed E-state index contributed by atoms with van der Waals surface area (Å²) in [5, 5.41) is 0.660. The van der Waals surface area contributed by atoms with E-state index < -0.39 is 5.97 Å². The minimum atomic E-state index is -0.574. The third-order valence-electron chi connectivity index (χ3n) is 4.73. The van der Waals surface area contributed by atoms with Crippen LogP contribution in [0.25, 0.3) is 22.4 Å². The number of nitrogens with zero attached hydrogens (tertiary/aromatic N) is 1. The molecule has 2 aromatic heterocycles. The van der Waals surface area contributed by atoms with Crippen LogP contribution in [0.5, 0.6) is 0 Å². The van der Waals surface area contributed by atoms with Crippen molar-refractivity contribution in [2.24, 2.45) is 0 Å². The highest BCUT2D eigenvalue weighted by atomic mass is 16.5. The van der Waals surface area contributed by atoms with Gasteiger partial charge in [0.1, 0.15) is 5.69 Å². The number of aryl methyl sites for hydroxylation is 1. The molecule has 0 saturated heterocycles. The summed E-state index contributed by atoms with van der Waals surface area (Å²) >= 11 is 0. The van der Waals surface area contributed by atoms with Gasteiger partial charge in [-0.3, -0.25) is 4.79 Å². The number of carbonyl (C=O) groups is 2. The first-order valence-corrected chi connectivity index (χ1v) is 9.38. The molecular weight excluding hydrogens is 366 g/mol. The van der Waals surface area contributed by atoms with Crippen LogP contribution in [-0.2, 0) is 11.2 Å². The lowest BCUT2D eigenvalue weighted by Crippen LogP contribution is -2.15. The van der Waals surface area contributed by atoms with Crippen molar-refractivity contribution < 1.29 is 18.7 Å². The van der Waals surface area contributed by atoms with Crippen molar-refractivity contribution in [3.8, 4) is 11.5 Å². The fraction of sp³-hybridized carbons (Fsp3) is 0.125. The van der Waals surface area contributed by atoms with Gasteiger partial charge in [0.2, 0.25) is 0 Å². The van der Waals surface area contributed by atoms with Gasteiger partial charge in [-0.2, -0.15) is 0 Å². The maximum absolute atomic E-state index is 12.8. The Kier molecular flexibility index (Phi) is 5.20. The van der Waals surface area contributed by atoms with E-state index in [4.69, 9.17) is 9.15 Å². The average molecular weight is 385 g/mol. The summed E-state index contributed by atoms with van der Waals surface area (Å²) in [5.41, 5.74) is 3.19. The van der Waals surface area contributed by atoms with Crippen LogP contribution in [0, 0.1) is 0 Å². The van der Waals surface area contributed by atoms with Crippen LogP contribution in [0.3, 0.4) is 0 Å². The molecule has 0 fully saturated rings. The van der Waals surface area contributed by atoms with Crippen LogP contribution in [-0.4, -0.2) is 23.3 Å². The molecule has 0 aliphatic heterocycles. The van der Waals surface area contributed by atoms with Gasteiger partial charge in [0.15, 0.2) is 18.2 Å². The molecule has 5 nitrogen and oxygen atoms in total. The molecule has 0 unspecified atom stereocenters. The van der Waals surface area contributed by atoms with E-state index in [0.29, 0.717) is 33.5 Å². The third kappa shape index (κ3) is 3.94. The molecule has 0 radical (unpaired) electrons. The third-order valence-corrected chi connectivity index (χ3v) is 4.73. The fourth-order valence-electron chi connectivity index (χ4n) is 3.11. The number of carbonyl (C=O) groups excluding carboxylic acids is 2. The zero-order chi connectivity index (χ0) is 20.2. The molecule has 2 heterocycles. The topological polar surface area (TPSA) is 69.4 Å². The lowest BCUT2D eigenvalue weighted by molar-refractivity contribution is 0.0476. The van der Waals surface area contributed by atoms with Crippen molar-refractivity contribution in [3.63, 3.8) is 0 Å². The summed E-state index contributed by atoms with van der Waals surface area (Å²) in [5.74, 6) is -0.266. The summed E-state index contributed by atoms with van der Waals surface area (Å²) in [6.45, 7) is 1.73. The van der Waals surface area contributed by atoms with Gasteiger partial charge in [0.25, 0.3) is 0 Å². The first kappa shape index (κ1) is 18.6. The van der Waals surface area contributed by atoms with E-state index in [2.05, 4.69) is 11.9 Å². The van der Waals surface area contributed by atoms with Gasteiger partial charge >= 0.3 is 5.97 Å². The van der Waals surface area contributed by atoms with Gasteiger partial charge in [-0.05, 0) is 36.2 Å². The van der Waals surface area contributed by atoms with Crippen molar-refractivity contribution in [2.45, 2.75) is 13.3 Å². The second-order valence-electron chi connectivity index (χ2n) is 6.60. The minimum absolute atomic E-state index is 0.245. The Labute approximate surface area is 168 Å². The SMILES string of the molecule is CCc1ccc(C(=O)COC(=O)c2cc(-c3ccco3)nc3ccccc23)cc1. The maximum atomic E-state index is 12.8. The second-order valence-corrected chi connectivity index (χ2v) is 6.60. The number of rotatable bonds is 6. The van der Waals surface area contributed by atoms with E-state index in [9.17, 15) is 9.59 Å². The number of benzene rings is 2. The van der Waals surface area contributed by atoms with E-state index in [-0.39, 0.29) is 12.4 Å². The molecule has 0 aliphatic rings. The lowest BCUT2D eigenvalue weighted by Gasteiger charge is -2.09. The smallest absolute Gasteiger partial charge is 0.339 e. The summed E-state index contributed by atoms with van der Waals surface area (Å²) in [6, 6.07) is 19.8. The number of para-hydroxylation sites is 1. The molecule has 2 aromatic carbocycles. The summed E-state index contributed by atoms with van der Waals surface area (Å²) in [4.78, 5) is 29.7. The quantitative estimate of drug-likeness (QED) is 0.341. The van der Waals surface area contributed by atoms with Crippen LogP contribution in [0.1, 0.15) is 33.2 Å². The lowest BCUT2D eigenvalue weighted by atomic mass is 10.1. The van der Waals surface area contributed by atoms with Crippen molar-refractivity contribution >= 4 is 22.7 Å². The van der Waals surface area contributed by atoms with Gasteiger partial charge in [-0.1, -0.05) is 49.4 Å². The molecule has 5 heteroatoms. The molecule has 4 rings (SSSR count). The number of esters is 1. The van der Waals surface area contributed by atoms with Crippen molar-refractivity contribution in [1.82, 2.24) is 4.98 Å². The molecule has 29 heavy (non-hydrogen) atoms. The summed E-state index contributed by atoms with van der Waals surface area (Å²) in [6.07, 6.45) is 2.45. The minimum Gasteiger partial charge on any atom is -0.463 e. The zero-order valence-corrected chi connectivity index (χ0v) is 15.9. The van der Waals surface area contributed by atoms with Crippen molar-refractivity contribution in [2.75, 3.05) is 6.61 Å². The number of Topliss-reactive ketones (excluding diaryl/α,β-unsaturated/α-hetero) is 1. The molecule has 0 spiro atoms. The number of hydrogen-bond donors (Lipinski definition) is 0. The van der Waals surface area contributed by atoms with Gasteiger partial charge < -0.3 is 9.15 Å². The predicted molar refractivity (Wildman–Crippen MR) is 110 cm³/mol. The molecule has 0 amide bonds. The molecule has 0 atom stereocenters. The van der Waals surface area contributed by atoms with E-state index in [1.807, 2.05) is 30.3 Å². The standard InChI is InChI=1S/C24H19NO4/c1-2-16-9-11-17(12-10-16)22(26)15-29-24(27)19-14-21(23-8-5-13-28-23)25-20-7-4-3-6-18(19)20/h3-14H,2,15H2,1H3. The Morgan fingerprint density at radius 2 is 1.79 bits per heavy atom. The van der Waals surface area contributed by atoms with Crippen molar-refractivity contribution in [1.29, 1.82) is 0 Å². The highest BCUT2D eigenvalue weighted by Crippen LogP contribution is 2.25. The van der Waals surface area contributed by atoms with E-state index in [1.165, 1.54) is 0 Å².